The Morgan fingerprint density at radius 1 is 1.32 bits per heavy atom. The van der Waals surface area contributed by atoms with E-state index >= 15 is 0 Å². The van der Waals surface area contributed by atoms with E-state index in [-0.39, 0.29) is 23.7 Å². The number of benzene rings is 1. The number of amides is 2. The van der Waals surface area contributed by atoms with Crippen LogP contribution in [-0.4, -0.2) is 29.3 Å². The number of hydrogen-bond acceptors (Lipinski definition) is 3. The number of nitrogens with one attached hydrogen (secondary N) is 1. The van der Waals surface area contributed by atoms with E-state index in [0.717, 1.165) is 12.1 Å². The summed E-state index contributed by atoms with van der Waals surface area (Å²) in [6.07, 6.45) is -2.29. The minimum atomic E-state index is -4.53. The van der Waals surface area contributed by atoms with Gasteiger partial charge in [0.05, 0.1) is 5.56 Å². The molecule has 3 N–H and O–H groups in total. The molecule has 0 spiro atoms. The van der Waals surface area contributed by atoms with Crippen molar-refractivity contribution in [3.8, 4) is 0 Å². The van der Waals surface area contributed by atoms with E-state index < -0.39 is 23.7 Å². The summed E-state index contributed by atoms with van der Waals surface area (Å²) in [5.74, 6) is -0.573. The Morgan fingerprint density at radius 2 is 2.04 bits per heavy atom. The number of anilines is 1. The van der Waals surface area contributed by atoms with Crippen molar-refractivity contribution >= 4 is 17.5 Å². The first-order chi connectivity index (χ1) is 11.8. The van der Waals surface area contributed by atoms with Crippen molar-refractivity contribution < 1.29 is 22.8 Å². The van der Waals surface area contributed by atoms with E-state index in [1.54, 1.807) is 0 Å². The second-order valence-corrected chi connectivity index (χ2v) is 6.10. The molecule has 1 atom stereocenters. The number of carbonyl (C=O) groups excluding carboxylic acids is 2. The molecular formula is C17H22F3N3O2. The van der Waals surface area contributed by atoms with Crippen molar-refractivity contribution in [3.63, 3.8) is 0 Å². The second kappa shape index (κ2) is 7.86. The molecule has 0 aliphatic carbocycles. The lowest BCUT2D eigenvalue weighted by Crippen LogP contribution is -2.43. The Morgan fingerprint density at radius 3 is 2.64 bits per heavy atom. The van der Waals surface area contributed by atoms with E-state index in [0.29, 0.717) is 32.2 Å². The van der Waals surface area contributed by atoms with Crippen molar-refractivity contribution in [2.24, 2.45) is 5.73 Å². The summed E-state index contributed by atoms with van der Waals surface area (Å²) in [5.41, 5.74) is 4.89. The number of nitrogens with two attached hydrogens (primary N) is 1. The van der Waals surface area contributed by atoms with Crippen LogP contribution in [0.2, 0.25) is 0 Å². The molecule has 1 aliphatic rings. The van der Waals surface area contributed by atoms with Gasteiger partial charge in [-0.05, 0) is 43.0 Å². The van der Waals surface area contributed by atoms with E-state index in [9.17, 15) is 22.8 Å². The third kappa shape index (κ3) is 4.72. The molecule has 1 aromatic rings. The lowest BCUT2D eigenvalue weighted by Gasteiger charge is -2.24. The minimum Gasteiger partial charge on any atom is -0.331 e. The molecule has 2 amide bonds. The third-order valence-corrected chi connectivity index (χ3v) is 4.16. The highest BCUT2D eigenvalue weighted by molar-refractivity contribution is 5.97. The molecule has 2 rings (SSSR count). The smallest absolute Gasteiger partial charge is 0.331 e. The van der Waals surface area contributed by atoms with Crippen LogP contribution in [0.4, 0.5) is 18.9 Å². The minimum absolute atomic E-state index is 0.0371. The van der Waals surface area contributed by atoms with Crippen LogP contribution < -0.4 is 11.1 Å². The van der Waals surface area contributed by atoms with E-state index in [1.165, 1.54) is 11.0 Å². The summed E-state index contributed by atoms with van der Waals surface area (Å²) < 4.78 is 38.9. The van der Waals surface area contributed by atoms with Crippen LogP contribution in [0.3, 0.4) is 0 Å². The first-order valence-electron chi connectivity index (χ1n) is 8.27. The summed E-state index contributed by atoms with van der Waals surface area (Å²) in [5, 5.41) is 2.51. The maximum Gasteiger partial charge on any atom is 0.416 e. The van der Waals surface area contributed by atoms with Crippen molar-refractivity contribution in [2.45, 2.75) is 51.4 Å². The van der Waals surface area contributed by atoms with Crippen LogP contribution in [-0.2, 0) is 22.3 Å². The van der Waals surface area contributed by atoms with Gasteiger partial charge in [0.2, 0.25) is 11.8 Å². The molecule has 25 heavy (non-hydrogen) atoms. The van der Waals surface area contributed by atoms with Gasteiger partial charge < -0.3 is 16.0 Å². The molecule has 8 heteroatoms. The van der Waals surface area contributed by atoms with Gasteiger partial charge in [-0.25, -0.2) is 0 Å². The van der Waals surface area contributed by atoms with Crippen LogP contribution in [0, 0.1) is 0 Å². The van der Waals surface area contributed by atoms with E-state index in [2.05, 4.69) is 5.32 Å². The topological polar surface area (TPSA) is 75.4 Å². The Kier molecular flexibility index (Phi) is 6.05. The molecule has 1 fully saturated rings. The Balaban J connectivity index is 2.18. The largest absolute Gasteiger partial charge is 0.416 e. The standard InChI is InChI=1S/C17H22F3N3O2/c1-2-4-15(24)23-6-3-5-14(23)16(25)22-13-8-11(10-21)7-12(9-13)17(18,19)20/h7-9,14H,2-6,10,21H2,1H3,(H,22,25). The summed E-state index contributed by atoms with van der Waals surface area (Å²) in [6.45, 7) is 2.30. The number of nitrogens with zero attached hydrogens (tertiary/aromatic N) is 1. The normalized spacial score (nSPS) is 17.6. The number of halogens is 3. The van der Waals surface area contributed by atoms with Gasteiger partial charge in [0.15, 0.2) is 0 Å². The number of alkyl halides is 3. The number of carbonyl (C=O) groups is 2. The highest BCUT2D eigenvalue weighted by atomic mass is 19.4. The first-order valence-corrected chi connectivity index (χ1v) is 8.27. The average molecular weight is 357 g/mol. The molecule has 1 aliphatic heterocycles. The molecule has 1 heterocycles. The molecule has 1 aromatic carbocycles. The summed E-state index contributed by atoms with van der Waals surface area (Å²) in [6, 6.07) is 2.61. The number of hydrogen-bond donors (Lipinski definition) is 2. The fourth-order valence-electron chi connectivity index (χ4n) is 2.97. The van der Waals surface area contributed by atoms with Gasteiger partial charge in [-0.3, -0.25) is 9.59 Å². The van der Waals surface area contributed by atoms with Crippen LogP contribution in [0.25, 0.3) is 0 Å². The number of rotatable bonds is 5. The highest BCUT2D eigenvalue weighted by Crippen LogP contribution is 2.32. The van der Waals surface area contributed by atoms with Gasteiger partial charge >= 0.3 is 6.18 Å². The average Bonchev–Trinajstić information content (AvgIpc) is 3.03. The summed E-state index contributed by atoms with van der Waals surface area (Å²) >= 11 is 0. The molecule has 5 nitrogen and oxygen atoms in total. The van der Waals surface area contributed by atoms with Crippen molar-refractivity contribution in [2.75, 3.05) is 11.9 Å². The predicted molar refractivity (Wildman–Crippen MR) is 87.6 cm³/mol. The molecule has 0 radical (unpaired) electrons. The molecule has 1 unspecified atom stereocenters. The van der Waals surface area contributed by atoms with Crippen LogP contribution in [0.5, 0.6) is 0 Å². The lowest BCUT2D eigenvalue weighted by molar-refractivity contribution is -0.137. The molecule has 1 saturated heterocycles. The maximum absolute atomic E-state index is 13.0. The fourth-order valence-corrected chi connectivity index (χ4v) is 2.97. The van der Waals surface area contributed by atoms with Crippen LogP contribution >= 0.6 is 0 Å². The van der Waals surface area contributed by atoms with E-state index in [1.807, 2.05) is 6.92 Å². The van der Waals surface area contributed by atoms with Crippen LogP contribution in [0.15, 0.2) is 18.2 Å². The van der Waals surface area contributed by atoms with Crippen molar-refractivity contribution in [1.82, 2.24) is 4.90 Å². The molecule has 0 bridgehead atoms. The monoisotopic (exact) mass is 357 g/mol. The van der Waals surface area contributed by atoms with Crippen LogP contribution in [0.1, 0.15) is 43.7 Å². The zero-order chi connectivity index (χ0) is 18.6. The zero-order valence-electron chi connectivity index (χ0n) is 14.0. The van der Waals surface area contributed by atoms with Crippen molar-refractivity contribution in [1.29, 1.82) is 0 Å². The first kappa shape index (κ1) is 19.2. The highest BCUT2D eigenvalue weighted by Gasteiger charge is 2.34. The molecule has 0 aromatic heterocycles. The predicted octanol–water partition coefficient (Wildman–Crippen LogP) is 2.89. The lowest BCUT2D eigenvalue weighted by atomic mass is 10.1. The van der Waals surface area contributed by atoms with Gasteiger partial charge in [0.25, 0.3) is 0 Å². The number of likely N-dealkylation sites (tertiary alicyclic amines) is 1. The van der Waals surface area contributed by atoms with Gasteiger partial charge in [-0.15, -0.1) is 0 Å². The SMILES string of the molecule is CCCC(=O)N1CCCC1C(=O)Nc1cc(CN)cc(C(F)(F)F)c1. The fraction of sp³-hybridized carbons (Fsp3) is 0.529. The van der Waals surface area contributed by atoms with Gasteiger partial charge in [0, 0.05) is 25.2 Å². The quantitative estimate of drug-likeness (QED) is 0.851. The summed E-state index contributed by atoms with van der Waals surface area (Å²) in [7, 11) is 0. The Hall–Kier alpha value is -2.09. The van der Waals surface area contributed by atoms with Gasteiger partial charge in [0.1, 0.15) is 6.04 Å². The maximum atomic E-state index is 13.0. The zero-order valence-corrected chi connectivity index (χ0v) is 14.0. The van der Waals surface area contributed by atoms with Crippen molar-refractivity contribution in [3.05, 3.63) is 29.3 Å². The van der Waals surface area contributed by atoms with E-state index in [4.69, 9.17) is 5.73 Å². The Labute approximate surface area is 144 Å². The molecule has 138 valence electrons. The second-order valence-electron chi connectivity index (χ2n) is 6.10. The Bertz CT molecular complexity index is 647. The molecular weight excluding hydrogens is 335 g/mol. The van der Waals surface area contributed by atoms with Gasteiger partial charge in [-0.2, -0.15) is 13.2 Å². The molecule has 0 saturated carbocycles. The third-order valence-electron chi connectivity index (χ3n) is 4.16. The van der Waals surface area contributed by atoms with Gasteiger partial charge in [-0.1, -0.05) is 6.92 Å². The summed E-state index contributed by atoms with van der Waals surface area (Å²) in [4.78, 5) is 26.1.